The molecular weight excluding hydrogens is 302 g/mol. The van der Waals surface area contributed by atoms with Gasteiger partial charge in [0.15, 0.2) is 0 Å². The fourth-order valence-corrected chi connectivity index (χ4v) is 4.80. The topological polar surface area (TPSA) is 12.9 Å². The molecule has 0 aliphatic heterocycles. The lowest BCUT2D eigenvalue weighted by Crippen LogP contribution is -2.31. The van der Waals surface area contributed by atoms with E-state index in [1.807, 2.05) is 30.5 Å². The minimum absolute atomic E-state index is 0.334. The normalized spacial score (nSPS) is 23.8. The first-order valence-electron chi connectivity index (χ1n) is 9.43. The van der Waals surface area contributed by atoms with E-state index in [0.717, 1.165) is 16.8 Å². The van der Waals surface area contributed by atoms with Crippen molar-refractivity contribution in [1.29, 1.82) is 0 Å². The first kappa shape index (κ1) is 14.9. The van der Waals surface area contributed by atoms with Crippen LogP contribution in [0, 0.1) is 0 Å². The van der Waals surface area contributed by atoms with Gasteiger partial charge in [-0.3, -0.25) is 4.98 Å². The Morgan fingerprint density at radius 3 is 2.04 bits per heavy atom. The second kappa shape index (κ2) is 5.56. The van der Waals surface area contributed by atoms with Gasteiger partial charge in [-0.2, -0.15) is 0 Å². The number of nitrogens with zero attached hydrogens (tertiary/aromatic N) is 1. The van der Waals surface area contributed by atoms with Crippen LogP contribution in [0.3, 0.4) is 0 Å². The van der Waals surface area contributed by atoms with E-state index in [1.54, 1.807) is 0 Å². The van der Waals surface area contributed by atoms with E-state index in [1.165, 1.54) is 11.1 Å². The predicted octanol–water partition coefficient (Wildman–Crippen LogP) is 6.10. The molecule has 1 nitrogen and oxygen atoms in total. The fraction of sp³-hybridized carbons (Fsp3) is 0.292. The number of hydrogen-bond acceptors (Lipinski definition) is 1. The van der Waals surface area contributed by atoms with Crippen molar-refractivity contribution in [2.24, 2.45) is 0 Å². The Morgan fingerprint density at radius 1 is 0.800 bits per heavy atom. The minimum Gasteiger partial charge on any atom is -0.256 e. The highest BCUT2D eigenvalue weighted by molar-refractivity contribution is 5.70. The third-order valence-corrected chi connectivity index (χ3v) is 5.61. The van der Waals surface area contributed by atoms with Crippen LogP contribution in [0.4, 0.5) is 0 Å². The highest BCUT2D eigenvalue weighted by Gasteiger charge is 2.52. The van der Waals surface area contributed by atoms with Gasteiger partial charge in [0.1, 0.15) is 0 Å². The summed E-state index contributed by atoms with van der Waals surface area (Å²) < 4.78 is 9.74. The molecule has 1 atom stereocenters. The Labute approximate surface area is 152 Å². The highest BCUT2D eigenvalue weighted by Crippen LogP contribution is 2.60. The third-order valence-electron chi connectivity index (χ3n) is 5.61. The molecule has 0 radical (unpaired) electrons. The summed E-state index contributed by atoms with van der Waals surface area (Å²) in [5.41, 5.74) is 4.90. The Balaban J connectivity index is 2.04. The Morgan fingerprint density at radius 2 is 1.40 bits per heavy atom. The van der Waals surface area contributed by atoms with Crippen LogP contribution in [0.2, 0.25) is 0 Å². The average Bonchev–Trinajstić information content (AvgIpc) is 2.79. The zero-order chi connectivity index (χ0) is 18.6. The van der Waals surface area contributed by atoms with Gasteiger partial charge in [-0.15, -0.1) is 0 Å². The molecule has 1 aliphatic rings. The smallest absolute Gasteiger partial charge is 0.0742 e. The summed E-state index contributed by atoms with van der Waals surface area (Å²) >= 11 is 0. The highest BCUT2D eigenvalue weighted by atomic mass is 14.7. The van der Waals surface area contributed by atoms with Crippen LogP contribution in [0.1, 0.15) is 51.7 Å². The molecule has 3 aromatic rings. The van der Waals surface area contributed by atoms with Crippen molar-refractivity contribution in [3.05, 3.63) is 89.6 Å². The SMILES string of the molecule is [2H]C1(c2ccccc2)C(C)(C)c2ccnc(-c3ccccc3)c2C1(C)C. The lowest BCUT2D eigenvalue weighted by atomic mass is 9.66. The van der Waals surface area contributed by atoms with Crippen molar-refractivity contribution in [2.45, 2.75) is 44.4 Å². The number of aromatic nitrogens is 1. The molecule has 0 amide bonds. The monoisotopic (exact) mass is 328 g/mol. The number of rotatable bonds is 2. The zero-order valence-corrected chi connectivity index (χ0v) is 15.4. The molecule has 1 unspecified atom stereocenters. The van der Waals surface area contributed by atoms with E-state index in [9.17, 15) is 1.37 Å². The van der Waals surface area contributed by atoms with E-state index >= 15 is 0 Å². The van der Waals surface area contributed by atoms with E-state index in [2.05, 4.69) is 70.2 Å². The summed E-state index contributed by atoms with van der Waals surface area (Å²) in [4.78, 5) is 4.76. The molecule has 0 N–H and O–H groups in total. The predicted molar refractivity (Wildman–Crippen MR) is 105 cm³/mol. The second-order valence-electron chi connectivity index (χ2n) is 7.94. The van der Waals surface area contributed by atoms with Gasteiger partial charge in [0, 0.05) is 19.0 Å². The van der Waals surface area contributed by atoms with Crippen molar-refractivity contribution >= 4 is 0 Å². The maximum atomic E-state index is 9.74. The number of fused-ring (bicyclic) bond motifs is 1. The fourth-order valence-electron chi connectivity index (χ4n) is 4.80. The third kappa shape index (κ3) is 2.33. The van der Waals surface area contributed by atoms with Crippen LogP contribution < -0.4 is 0 Å². The van der Waals surface area contributed by atoms with Crippen molar-refractivity contribution in [3.8, 4) is 11.3 Å². The van der Waals surface area contributed by atoms with Gasteiger partial charge in [0.25, 0.3) is 0 Å². The summed E-state index contributed by atoms with van der Waals surface area (Å²) in [5, 5.41) is 0. The molecule has 0 saturated carbocycles. The van der Waals surface area contributed by atoms with E-state index < -0.39 is 5.89 Å². The van der Waals surface area contributed by atoms with E-state index in [4.69, 9.17) is 4.98 Å². The van der Waals surface area contributed by atoms with Gasteiger partial charge in [-0.1, -0.05) is 88.4 Å². The van der Waals surface area contributed by atoms with Crippen molar-refractivity contribution in [1.82, 2.24) is 4.98 Å². The van der Waals surface area contributed by atoms with Gasteiger partial charge < -0.3 is 0 Å². The van der Waals surface area contributed by atoms with E-state index in [0.29, 0.717) is 0 Å². The van der Waals surface area contributed by atoms with E-state index in [-0.39, 0.29) is 10.8 Å². The Hall–Kier alpha value is -2.41. The van der Waals surface area contributed by atoms with Gasteiger partial charge in [-0.25, -0.2) is 0 Å². The molecule has 1 aromatic heterocycles. The minimum atomic E-state index is -0.782. The Kier molecular flexibility index (Phi) is 3.31. The average molecular weight is 328 g/mol. The van der Waals surface area contributed by atoms with Gasteiger partial charge in [0.05, 0.1) is 5.69 Å². The van der Waals surface area contributed by atoms with Gasteiger partial charge in [0.2, 0.25) is 0 Å². The molecule has 126 valence electrons. The number of hydrogen-bond donors (Lipinski definition) is 0. The van der Waals surface area contributed by atoms with Crippen molar-refractivity contribution < 1.29 is 1.37 Å². The first-order chi connectivity index (χ1) is 12.3. The first-order valence-corrected chi connectivity index (χ1v) is 8.93. The molecule has 4 rings (SSSR count). The standard InChI is InChI=1S/C24H25N/c1-23(2)19-15-16-25-21(17-11-7-5-8-12-17)20(19)24(3,4)22(23)18-13-9-6-10-14-18/h5-16,22H,1-4H3/i22D. The molecule has 0 fully saturated rings. The second-order valence-corrected chi connectivity index (χ2v) is 7.94. The molecule has 0 saturated heterocycles. The van der Waals surface area contributed by atoms with Crippen LogP contribution in [-0.4, -0.2) is 4.98 Å². The number of benzene rings is 2. The molecular formula is C24H25N. The van der Waals surface area contributed by atoms with Crippen LogP contribution in [0.25, 0.3) is 11.3 Å². The summed E-state index contributed by atoms with van der Waals surface area (Å²) in [6.45, 7) is 8.81. The van der Waals surface area contributed by atoms with Crippen molar-refractivity contribution in [2.75, 3.05) is 0 Å². The zero-order valence-electron chi connectivity index (χ0n) is 16.4. The molecule has 0 spiro atoms. The molecule has 1 heteroatoms. The van der Waals surface area contributed by atoms with Crippen LogP contribution in [-0.2, 0) is 10.8 Å². The number of pyridine rings is 1. The maximum Gasteiger partial charge on any atom is 0.0742 e. The summed E-state index contributed by atoms with van der Waals surface area (Å²) in [5.74, 6) is -0.782. The lowest BCUT2D eigenvalue weighted by molar-refractivity contribution is 0.330. The van der Waals surface area contributed by atoms with Gasteiger partial charge in [-0.05, 0) is 33.6 Å². The van der Waals surface area contributed by atoms with Gasteiger partial charge >= 0.3 is 0 Å². The maximum absolute atomic E-state index is 9.74. The van der Waals surface area contributed by atoms with Crippen LogP contribution in [0.15, 0.2) is 72.9 Å². The molecule has 25 heavy (non-hydrogen) atoms. The van der Waals surface area contributed by atoms with Crippen molar-refractivity contribution in [3.63, 3.8) is 0 Å². The molecule has 1 heterocycles. The summed E-state index contributed by atoms with van der Waals surface area (Å²) in [6.07, 6.45) is 1.90. The molecule has 2 aromatic carbocycles. The van der Waals surface area contributed by atoms with Crippen LogP contribution in [0.5, 0.6) is 0 Å². The summed E-state index contributed by atoms with van der Waals surface area (Å²) in [7, 11) is 0. The van der Waals surface area contributed by atoms with Crippen LogP contribution >= 0.6 is 0 Å². The largest absolute Gasteiger partial charge is 0.256 e. The lowest BCUT2D eigenvalue weighted by Gasteiger charge is -2.36. The molecule has 0 bridgehead atoms. The molecule has 1 aliphatic carbocycles. The quantitative estimate of drug-likeness (QED) is 0.554. The summed E-state index contributed by atoms with van der Waals surface area (Å²) in [6, 6.07) is 22.7. The Bertz CT molecular complexity index is 944.